The zero-order valence-electron chi connectivity index (χ0n) is 10.6. The Morgan fingerprint density at radius 1 is 1.41 bits per heavy atom. The van der Waals surface area contributed by atoms with Crippen LogP contribution in [0.15, 0.2) is 0 Å². The lowest BCUT2D eigenvalue weighted by atomic mass is 9.84. The van der Waals surface area contributed by atoms with Gasteiger partial charge in [-0.1, -0.05) is 19.3 Å². The highest BCUT2D eigenvalue weighted by molar-refractivity contribution is 5.85. The van der Waals surface area contributed by atoms with E-state index in [1.807, 2.05) is 6.92 Å². The van der Waals surface area contributed by atoms with Gasteiger partial charge in [-0.15, -0.1) is 12.4 Å². The molecular weight excluding hydrogens is 240 g/mol. The second kappa shape index (κ2) is 9.68. The molecular formula is C12H25ClN2O2. The fourth-order valence-corrected chi connectivity index (χ4v) is 2.35. The number of nitrogens with two attached hydrogens (primary N) is 1. The summed E-state index contributed by atoms with van der Waals surface area (Å²) in [6.07, 6.45) is 6.24. The number of carbonyl (C=O) groups is 1. The second-order valence-corrected chi connectivity index (χ2v) is 4.44. The first-order valence-corrected chi connectivity index (χ1v) is 6.35. The van der Waals surface area contributed by atoms with E-state index >= 15 is 0 Å². The molecule has 1 fully saturated rings. The van der Waals surface area contributed by atoms with Gasteiger partial charge in [0.25, 0.3) is 0 Å². The number of halogens is 1. The van der Waals surface area contributed by atoms with Crippen LogP contribution in [0.2, 0.25) is 0 Å². The average molecular weight is 265 g/mol. The Morgan fingerprint density at radius 3 is 2.59 bits per heavy atom. The van der Waals surface area contributed by atoms with Crippen LogP contribution in [0.5, 0.6) is 0 Å². The van der Waals surface area contributed by atoms with Gasteiger partial charge in [-0.3, -0.25) is 4.79 Å². The Balaban J connectivity index is 0.00000256. The number of nitrogens with one attached hydrogen (secondary N) is 1. The molecule has 0 radical (unpaired) electrons. The third-order valence-corrected chi connectivity index (χ3v) is 3.26. The predicted octanol–water partition coefficient (Wildman–Crippen LogP) is 1.47. The van der Waals surface area contributed by atoms with Crippen LogP contribution < -0.4 is 11.1 Å². The van der Waals surface area contributed by atoms with E-state index < -0.39 is 0 Å². The SMILES string of the molecule is CCOCC(=O)NC(CN)C1CCCCC1.Cl. The maximum Gasteiger partial charge on any atom is 0.246 e. The molecule has 0 aromatic carbocycles. The highest BCUT2D eigenvalue weighted by Crippen LogP contribution is 2.26. The molecule has 0 aliphatic heterocycles. The first-order chi connectivity index (χ1) is 7.77. The first kappa shape index (κ1) is 16.7. The number of amides is 1. The smallest absolute Gasteiger partial charge is 0.246 e. The van der Waals surface area contributed by atoms with Gasteiger partial charge in [-0.05, 0) is 25.7 Å². The zero-order chi connectivity index (χ0) is 11.8. The topological polar surface area (TPSA) is 64.3 Å². The van der Waals surface area contributed by atoms with Gasteiger partial charge in [-0.25, -0.2) is 0 Å². The molecule has 0 aromatic rings. The fourth-order valence-electron chi connectivity index (χ4n) is 2.35. The van der Waals surface area contributed by atoms with Gasteiger partial charge in [-0.2, -0.15) is 0 Å². The number of ether oxygens (including phenoxy) is 1. The molecule has 3 N–H and O–H groups in total. The van der Waals surface area contributed by atoms with Crippen LogP contribution in [0.4, 0.5) is 0 Å². The maximum absolute atomic E-state index is 11.5. The van der Waals surface area contributed by atoms with Crippen molar-refractivity contribution >= 4 is 18.3 Å². The molecule has 102 valence electrons. The Labute approximate surface area is 110 Å². The van der Waals surface area contributed by atoms with Crippen molar-refractivity contribution in [2.24, 2.45) is 11.7 Å². The Bertz CT molecular complexity index is 209. The molecule has 1 amide bonds. The first-order valence-electron chi connectivity index (χ1n) is 6.35. The number of rotatable bonds is 6. The minimum atomic E-state index is -0.0390. The Hall–Kier alpha value is -0.320. The zero-order valence-corrected chi connectivity index (χ0v) is 11.4. The summed E-state index contributed by atoms with van der Waals surface area (Å²) in [5.74, 6) is 0.521. The lowest BCUT2D eigenvalue weighted by Gasteiger charge is -2.30. The van der Waals surface area contributed by atoms with Gasteiger partial charge >= 0.3 is 0 Å². The van der Waals surface area contributed by atoms with Crippen molar-refractivity contribution in [1.29, 1.82) is 0 Å². The fraction of sp³-hybridized carbons (Fsp3) is 0.917. The predicted molar refractivity (Wildman–Crippen MR) is 71.3 cm³/mol. The maximum atomic E-state index is 11.5. The summed E-state index contributed by atoms with van der Waals surface area (Å²) in [5.41, 5.74) is 5.73. The molecule has 1 aliphatic rings. The normalized spacial score (nSPS) is 18.2. The van der Waals surface area contributed by atoms with Gasteiger partial charge in [0, 0.05) is 19.2 Å². The second-order valence-electron chi connectivity index (χ2n) is 4.44. The highest BCUT2D eigenvalue weighted by Gasteiger charge is 2.23. The monoisotopic (exact) mass is 264 g/mol. The third-order valence-electron chi connectivity index (χ3n) is 3.26. The van der Waals surface area contributed by atoms with Crippen LogP contribution in [0.1, 0.15) is 39.0 Å². The summed E-state index contributed by atoms with van der Waals surface area (Å²) in [6.45, 7) is 3.14. The Morgan fingerprint density at radius 2 is 2.06 bits per heavy atom. The summed E-state index contributed by atoms with van der Waals surface area (Å²) < 4.78 is 5.08. The minimum Gasteiger partial charge on any atom is -0.372 e. The van der Waals surface area contributed by atoms with E-state index in [9.17, 15) is 4.79 Å². The van der Waals surface area contributed by atoms with Crippen molar-refractivity contribution in [2.75, 3.05) is 19.8 Å². The minimum absolute atomic E-state index is 0. The summed E-state index contributed by atoms with van der Waals surface area (Å²) in [7, 11) is 0. The molecule has 1 rings (SSSR count). The van der Waals surface area contributed by atoms with Crippen LogP contribution in [-0.4, -0.2) is 31.7 Å². The summed E-state index contributed by atoms with van der Waals surface area (Å²) in [5, 5.41) is 2.98. The Kier molecular flexibility index (Phi) is 9.50. The van der Waals surface area contributed by atoms with E-state index in [2.05, 4.69) is 5.32 Å². The molecule has 1 atom stereocenters. The third kappa shape index (κ3) is 6.24. The van der Waals surface area contributed by atoms with Crippen LogP contribution in [0.3, 0.4) is 0 Å². The van der Waals surface area contributed by atoms with Crippen molar-refractivity contribution in [2.45, 2.75) is 45.1 Å². The van der Waals surface area contributed by atoms with E-state index in [-0.39, 0.29) is 31.0 Å². The van der Waals surface area contributed by atoms with Crippen LogP contribution in [0.25, 0.3) is 0 Å². The summed E-state index contributed by atoms with van der Waals surface area (Å²) >= 11 is 0. The van der Waals surface area contributed by atoms with Crippen LogP contribution in [0, 0.1) is 5.92 Å². The molecule has 5 heteroatoms. The molecule has 0 spiro atoms. The van der Waals surface area contributed by atoms with Crippen molar-refractivity contribution < 1.29 is 9.53 Å². The van der Waals surface area contributed by atoms with Gasteiger partial charge in [0.2, 0.25) is 5.91 Å². The van der Waals surface area contributed by atoms with Crippen molar-refractivity contribution in [3.05, 3.63) is 0 Å². The largest absolute Gasteiger partial charge is 0.372 e. The van der Waals surface area contributed by atoms with Gasteiger partial charge in [0.1, 0.15) is 6.61 Å². The molecule has 1 unspecified atom stereocenters. The standard InChI is InChI=1S/C12H24N2O2.ClH/c1-2-16-9-12(15)14-11(8-13)10-6-4-3-5-7-10;/h10-11H,2-9,13H2,1H3,(H,14,15);1H. The van der Waals surface area contributed by atoms with Crippen molar-refractivity contribution in [1.82, 2.24) is 5.32 Å². The van der Waals surface area contributed by atoms with E-state index in [4.69, 9.17) is 10.5 Å². The van der Waals surface area contributed by atoms with E-state index in [1.165, 1.54) is 32.1 Å². The van der Waals surface area contributed by atoms with E-state index in [0.29, 0.717) is 19.1 Å². The average Bonchev–Trinajstić information content (AvgIpc) is 2.34. The molecule has 1 saturated carbocycles. The molecule has 0 aromatic heterocycles. The van der Waals surface area contributed by atoms with Gasteiger partial charge in [0.05, 0.1) is 0 Å². The van der Waals surface area contributed by atoms with Crippen LogP contribution >= 0.6 is 12.4 Å². The molecule has 0 bridgehead atoms. The number of hydrogen-bond acceptors (Lipinski definition) is 3. The van der Waals surface area contributed by atoms with E-state index in [0.717, 1.165) is 0 Å². The van der Waals surface area contributed by atoms with Gasteiger partial charge in [0.15, 0.2) is 0 Å². The van der Waals surface area contributed by atoms with Crippen molar-refractivity contribution in [3.63, 3.8) is 0 Å². The quantitative estimate of drug-likeness (QED) is 0.764. The molecule has 0 heterocycles. The molecule has 4 nitrogen and oxygen atoms in total. The summed E-state index contributed by atoms with van der Waals surface area (Å²) in [4.78, 5) is 11.5. The highest BCUT2D eigenvalue weighted by atomic mass is 35.5. The lowest BCUT2D eigenvalue weighted by Crippen LogP contribution is -2.47. The lowest BCUT2D eigenvalue weighted by molar-refractivity contribution is -0.126. The number of carbonyl (C=O) groups excluding carboxylic acids is 1. The molecule has 1 aliphatic carbocycles. The van der Waals surface area contributed by atoms with Gasteiger partial charge < -0.3 is 15.8 Å². The molecule has 0 saturated heterocycles. The number of hydrogen-bond donors (Lipinski definition) is 2. The van der Waals surface area contributed by atoms with E-state index in [1.54, 1.807) is 0 Å². The molecule has 17 heavy (non-hydrogen) atoms. The van der Waals surface area contributed by atoms with Crippen LogP contribution in [-0.2, 0) is 9.53 Å². The summed E-state index contributed by atoms with van der Waals surface area (Å²) in [6, 6.07) is 0.133. The van der Waals surface area contributed by atoms with Crippen molar-refractivity contribution in [3.8, 4) is 0 Å².